The molecule has 0 fully saturated rings. The molecule has 0 aliphatic rings. The van der Waals surface area contributed by atoms with Gasteiger partial charge in [0.2, 0.25) is 0 Å². The van der Waals surface area contributed by atoms with Crippen LogP contribution in [0.15, 0.2) is 83.1 Å². The van der Waals surface area contributed by atoms with Gasteiger partial charge in [-0.25, -0.2) is 5.43 Å². The van der Waals surface area contributed by atoms with Crippen LogP contribution >= 0.6 is 11.8 Å². The summed E-state index contributed by atoms with van der Waals surface area (Å²) in [6.45, 7) is 0. The quantitative estimate of drug-likeness (QED) is 0.144. The molecule has 12 heteroatoms. The maximum atomic E-state index is 12.4. The van der Waals surface area contributed by atoms with Crippen molar-refractivity contribution < 1.29 is 19.2 Å². The first kappa shape index (κ1) is 25.4. The average Bonchev–Trinajstić information content (AvgIpc) is 3.36. The van der Waals surface area contributed by atoms with Gasteiger partial charge in [-0.1, -0.05) is 23.9 Å². The Morgan fingerprint density at radius 2 is 1.73 bits per heavy atom. The fraction of sp³-hybridized carbons (Fsp3) is 0.120. The van der Waals surface area contributed by atoms with Crippen molar-refractivity contribution in [2.45, 2.75) is 5.16 Å². The van der Waals surface area contributed by atoms with E-state index in [-0.39, 0.29) is 17.3 Å². The molecule has 1 aromatic heterocycles. The van der Waals surface area contributed by atoms with Gasteiger partial charge < -0.3 is 9.47 Å². The van der Waals surface area contributed by atoms with E-state index in [4.69, 9.17) is 9.47 Å². The summed E-state index contributed by atoms with van der Waals surface area (Å²) < 4.78 is 12.4. The van der Waals surface area contributed by atoms with Crippen LogP contribution in [0.2, 0.25) is 0 Å². The number of nitrogens with zero attached hydrogens (tertiary/aromatic N) is 5. The van der Waals surface area contributed by atoms with E-state index in [0.717, 1.165) is 17.0 Å². The van der Waals surface area contributed by atoms with Crippen molar-refractivity contribution in [3.05, 3.63) is 88.5 Å². The number of carbonyl (C=O) groups excluding carboxylic acids is 1. The van der Waals surface area contributed by atoms with Gasteiger partial charge in [-0.15, -0.1) is 10.2 Å². The van der Waals surface area contributed by atoms with Crippen LogP contribution in [0.5, 0.6) is 11.5 Å². The number of thioether (sulfide) groups is 1. The largest absolute Gasteiger partial charge is 0.497 e. The fourth-order valence-electron chi connectivity index (χ4n) is 3.31. The molecular formula is C25H22N6O5S. The van der Waals surface area contributed by atoms with E-state index in [1.807, 2.05) is 53.1 Å². The lowest BCUT2D eigenvalue weighted by atomic mass is 10.2. The van der Waals surface area contributed by atoms with Crippen molar-refractivity contribution in [3.8, 4) is 28.6 Å². The Balaban J connectivity index is 1.51. The van der Waals surface area contributed by atoms with Crippen LogP contribution in [-0.2, 0) is 4.79 Å². The number of non-ortho nitro benzene ring substituents is 1. The number of nitro benzene ring substituents is 1. The summed E-state index contributed by atoms with van der Waals surface area (Å²) in [4.78, 5) is 22.8. The zero-order chi connectivity index (χ0) is 26.2. The molecule has 4 rings (SSSR count). The molecule has 0 saturated carbocycles. The lowest BCUT2D eigenvalue weighted by Gasteiger charge is -2.11. The van der Waals surface area contributed by atoms with Crippen LogP contribution in [0.3, 0.4) is 0 Å². The number of methoxy groups -OCH3 is 2. The minimum atomic E-state index is -0.494. The average molecular weight is 519 g/mol. The second kappa shape index (κ2) is 11.8. The van der Waals surface area contributed by atoms with E-state index in [1.54, 1.807) is 26.4 Å². The molecule has 11 nitrogen and oxygen atoms in total. The number of nitro groups is 1. The monoisotopic (exact) mass is 518 g/mol. The second-order valence-electron chi connectivity index (χ2n) is 7.50. The van der Waals surface area contributed by atoms with Crippen molar-refractivity contribution in [2.24, 2.45) is 5.10 Å². The topological polar surface area (TPSA) is 134 Å². The number of amides is 1. The Morgan fingerprint density at radius 3 is 2.38 bits per heavy atom. The predicted molar refractivity (Wildman–Crippen MR) is 139 cm³/mol. The Labute approximate surface area is 216 Å². The SMILES string of the molecule is COc1ccc(-c2nnc(SCC(=O)NN=Cc3cccc([N+](=O)[O-])c3)n2-c2ccc(OC)cc2)cc1. The summed E-state index contributed by atoms with van der Waals surface area (Å²) in [6, 6.07) is 20.8. The zero-order valence-electron chi connectivity index (χ0n) is 19.9. The van der Waals surface area contributed by atoms with E-state index >= 15 is 0 Å². The molecule has 0 unspecified atom stereocenters. The third-order valence-electron chi connectivity index (χ3n) is 5.13. The van der Waals surface area contributed by atoms with E-state index in [9.17, 15) is 14.9 Å². The smallest absolute Gasteiger partial charge is 0.270 e. The number of hydrogen-bond donors (Lipinski definition) is 1. The highest BCUT2D eigenvalue weighted by Gasteiger charge is 2.17. The summed E-state index contributed by atoms with van der Waals surface area (Å²) >= 11 is 1.19. The molecule has 0 atom stereocenters. The summed E-state index contributed by atoms with van der Waals surface area (Å²) in [5.41, 5.74) is 4.48. The maximum Gasteiger partial charge on any atom is 0.270 e. The molecule has 0 spiro atoms. The summed E-state index contributed by atoms with van der Waals surface area (Å²) in [7, 11) is 3.19. The van der Waals surface area contributed by atoms with Crippen LogP contribution in [0.25, 0.3) is 17.1 Å². The normalized spacial score (nSPS) is 10.9. The number of benzene rings is 3. The Kier molecular flexibility index (Phi) is 8.11. The summed E-state index contributed by atoms with van der Waals surface area (Å²) in [6.07, 6.45) is 1.34. The molecule has 0 saturated heterocycles. The summed E-state index contributed by atoms with van der Waals surface area (Å²) in [5.74, 6) is 1.67. The number of aromatic nitrogens is 3. The van der Waals surface area contributed by atoms with Crippen molar-refractivity contribution >= 4 is 29.6 Å². The number of hydrogen-bond acceptors (Lipinski definition) is 9. The molecule has 1 amide bonds. The first-order valence-corrected chi connectivity index (χ1v) is 11.9. The third kappa shape index (κ3) is 6.30. The van der Waals surface area contributed by atoms with Crippen LogP contribution in [0, 0.1) is 10.1 Å². The highest BCUT2D eigenvalue weighted by atomic mass is 32.2. The first-order chi connectivity index (χ1) is 18.0. The van der Waals surface area contributed by atoms with E-state index in [2.05, 4.69) is 20.7 Å². The van der Waals surface area contributed by atoms with Gasteiger partial charge in [0.25, 0.3) is 11.6 Å². The molecule has 0 radical (unpaired) electrons. The third-order valence-corrected chi connectivity index (χ3v) is 6.06. The number of rotatable bonds is 10. The van der Waals surface area contributed by atoms with Crippen LogP contribution in [0.1, 0.15) is 5.56 Å². The lowest BCUT2D eigenvalue weighted by Crippen LogP contribution is -2.20. The van der Waals surface area contributed by atoms with Gasteiger partial charge in [-0.2, -0.15) is 5.10 Å². The molecule has 0 aliphatic heterocycles. The van der Waals surface area contributed by atoms with Crippen LogP contribution in [0.4, 0.5) is 5.69 Å². The van der Waals surface area contributed by atoms with Crippen molar-refractivity contribution in [2.75, 3.05) is 20.0 Å². The molecule has 3 aromatic carbocycles. The number of ether oxygens (including phenoxy) is 2. The minimum Gasteiger partial charge on any atom is -0.497 e. The van der Waals surface area contributed by atoms with Gasteiger partial charge in [0.1, 0.15) is 11.5 Å². The molecule has 1 heterocycles. The van der Waals surface area contributed by atoms with Crippen molar-refractivity contribution in [1.82, 2.24) is 20.2 Å². The van der Waals surface area contributed by atoms with E-state index in [1.165, 1.54) is 30.1 Å². The maximum absolute atomic E-state index is 12.4. The Hall–Kier alpha value is -4.71. The Bertz CT molecular complexity index is 1420. The molecule has 188 valence electrons. The highest BCUT2D eigenvalue weighted by molar-refractivity contribution is 7.99. The second-order valence-corrected chi connectivity index (χ2v) is 8.44. The van der Waals surface area contributed by atoms with Crippen LogP contribution in [-0.4, -0.2) is 51.8 Å². The molecule has 1 N–H and O–H groups in total. The van der Waals surface area contributed by atoms with Crippen molar-refractivity contribution in [1.29, 1.82) is 0 Å². The minimum absolute atomic E-state index is 0.0170. The van der Waals surface area contributed by atoms with Gasteiger partial charge in [0, 0.05) is 28.9 Å². The first-order valence-electron chi connectivity index (χ1n) is 10.9. The van der Waals surface area contributed by atoms with Crippen LogP contribution < -0.4 is 14.9 Å². The molecular weight excluding hydrogens is 496 g/mol. The molecule has 4 aromatic rings. The van der Waals surface area contributed by atoms with Gasteiger partial charge >= 0.3 is 0 Å². The number of nitrogens with one attached hydrogen (secondary N) is 1. The summed E-state index contributed by atoms with van der Waals surface area (Å²) in [5, 5.41) is 24.0. The standard InChI is InChI=1S/C25H22N6O5S/c1-35-21-10-6-18(7-11-21)24-28-29-25(30(24)19-8-12-22(36-2)13-9-19)37-16-23(32)27-26-15-17-4-3-5-20(14-17)31(33)34/h3-15H,16H2,1-2H3,(H,27,32). The van der Waals surface area contributed by atoms with Crippen molar-refractivity contribution in [3.63, 3.8) is 0 Å². The number of carbonyl (C=O) groups is 1. The molecule has 37 heavy (non-hydrogen) atoms. The fourth-order valence-corrected chi connectivity index (χ4v) is 4.06. The van der Waals surface area contributed by atoms with E-state index in [0.29, 0.717) is 22.3 Å². The predicted octanol–water partition coefficient (Wildman–Crippen LogP) is 4.10. The molecule has 0 aliphatic carbocycles. The van der Waals surface area contributed by atoms with Gasteiger partial charge in [-0.05, 0) is 48.5 Å². The van der Waals surface area contributed by atoms with E-state index < -0.39 is 4.92 Å². The van der Waals surface area contributed by atoms with Gasteiger partial charge in [0.15, 0.2) is 11.0 Å². The zero-order valence-corrected chi connectivity index (χ0v) is 20.7. The number of hydrazone groups is 1. The Morgan fingerprint density at radius 1 is 1.05 bits per heavy atom. The van der Waals surface area contributed by atoms with Gasteiger partial charge in [0.05, 0.1) is 31.1 Å². The highest BCUT2D eigenvalue weighted by Crippen LogP contribution is 2.29. The molecule has 0 bridgehead atoms. The lowest BCUT2D eigenvalue weighted by molar-refractivity contribution is -0.384. The van der Waals surface area contributed by atoms with Gasteiger partial charge in [-0.3, -0.25) is 19.5 Å².